The van der Waals surface area contributed by atoms with Crippen molar-refractivity contribution in [2.75, 3.05) is 11.9 Å². The molecule has 1 aliphatic carbocycles. The van der Waals surface area contributed by atoms with Gasteiger partial charge in [0.15, 0.2) is 0 Å². The van der Waals surface area contributed by atoms with Crippen LogP contribution in [0.3, 0.4) is 0 Å². The highest BCUT2D eigenvalue weighted by molar-refractivity contribution is 6.35. The van der Waals surface area contributed by atoms with Gasteiger partial charge in [-0.2, -0.15) is 0 Å². The lowest BCUT2D eigenvalue weighted by molar-refractivity contribution is 0.282. The van der Waals surface area contributed by atoms with Gasteiger partial charge in [-0.3, -0.25) is 0 Å². The summed E-state index contributed by atoms with van der Waals surface area (Å²) in [5.74, 6) is 2.52. The number of pyridine rings is 1. The summed E-state index contributed by atoms with van der Waals surface area (Å²) in [4.78, 5) is 4.20. The van der Waals surface area contributed by atoms with Crippen molar-refractivity contribution in [3.8, 4) is 0 Å². The Morgan fingerprint density at radius 3 is 2.67 bits per heavy atom. The van der Waals surface area contributed by atoms with Crippen molar-refractivity contribution in [1.82, 2.24) is 4.98 Å². The molecular formula is C14H20Cl2N2. The quantitative estimate of drug-likeness (QED) is 0.841. The van der Waals surface area contributed by atoms with Crippen LogP contribution in [0.1, 0.15) is 39.0 Å². The van der Waals surface area contributed by atoms with Crippen LogP contribution in [0.15, 0.2) is 12.3 Å². The van der Waals surface area contributed by atoms with E-state index in [1.807, 2.05) is 0 Å². The number of anilines is 1. The first-order valence-corrected chi connectivity index (χ1v) is 7.45. The van der Waals surface area contributed by atoms with Gasteiger partial charge in [-0.15, -0.1) is 0 Å². The molecule has 0 amide bonds. The fourth-order valence-electron chi connectivity index (χ4n) is 2.56. The molecule has 1 saturated carbocycles. The molecule has 0 atom stereocenters. The normalized spacial score (nSPS) is 23.9. The molecule has 1 heterocycles. The zero-order valence-corrected chi connectivity index (χ0v) is 12.3. The van der Waals surface area contributed by atoms with E-state index in [1.54, 1.807) is 12.3 Å². The zero-order valence-electron chi connectivity index (χ0n) is 10.8. The predicted molar refractivity (Wildman–Crippen MR) is 78.5 cm³/mol. The number of nitrogens with one attached hydrogen (secondary N) is 1. The van der Waals surface area contributed by atoms with E-state index in [-0.39, 0.29) is 0 Å². The highest BCUT2D eigenvalue weighted by Gasteiger charge is 2.17. The second kappa shape index (κ2) is 6.63. The van der Waals surface area contributed by atoms with Crippen molar-refractivity contribution in [3.63, 3.8) is 0 Å². The molecule has 4 heteroatoms. The van der Waals surface area contributed by atoms with Gasteiger partial charge in [-0.25, -0.2) is 4.98 Å². The third-order valence-corrected chi connectivity index (χ3v) is 4.28. The van der Waals surface area contributed by atoms with Crippen molar-refractivity contribution >= 4 is 29.0 Å². The smallest absolute Gasteiger partial charge is 0.144 e. The molecule has 1 fully saturated rings. The van der Waals surface area contributed by atoms with Crippen LogP contribution in [0.2, 0.25) is 10.0 Å². The maximum absolute atomic E-state index is 6.06. The van der Waals surface area contributed by atoms with Gasteiger partial charge >= 0.3 is 0 Å². The third-order valence-electron chi connectivity index (χ3n) is 3.79. The fourth-order valence-corrected chi connectivity index (χ4v) is 3.00. The SMILES string of the molecule is CC1CCC(CCNc2ncc(Cl)cc2Cl)CC1. The number of nitrogens with zero attached hydrogens (tertiary/aromatic N) is 1. The molecule has 1 aliphatic rings. The summed E-state index contributed by atoms with van der Waals surface area (Å²) in [5, 5.41) is 4.47. The molecular weight excluding hydrogens is 267 g/mol. The van der Waals surface area contributed by atoms with Crippen LogP contribution >= 0.6 is 23.2 Å². The molecule has 0 radical (unpaired) electrons. The predicted octanol–water partition coefficient (Wildman–Crippen LogP) is 5.02. The van der Waals surface area contributed by atoms with E-state index in [0.29, 0.717) is 10.0 Å². The Bertz CT molecular complexity index is 387. The minimum atomic E-state index is 0.576. The number of hydrogen-bond donors (Lipinski definition) is 1. The topological polar surface area (TPSA) is 24.9 Å². The molecule has 100 valence electrons. The minimum Gasteiger partial charge on any atom is -0.369 e. The molecule has 0 unspecified atom stereocenters. The van der Waals surface area contributed by atoms with E-state index in [1.165, 1.54) is 32.1 Å². The minimum absolute atomic E-state index is 0.576. The number of aromatic nitrogens is 1. The largest absolute Gasteiger partial charge is 0.369 e. The summed E-state index contributed by atoms with van der Waals surface area (Å²) < 4.78 is 0. The van der Waals surface area contributed by atoms with Gasteiger partial charge in [0.1, 0.15) is 5.82 Å². The number of halogens is 2. The Morgan fingerprint density at radius 2 is 2.00 bits per heavy atom. The molecule has 1 aromatic heterocycles. The lowest BCUT2D eigenvalue weighted by Crippen LogP contribution is -2.16. The first kappa shape index (κ1) is 14.0. The van der Waals surface area contributed by atoms with Gasteiger partial charge < -0.3 is 5.32 Å². The first-order valence-electron chi connectivity index (χ1n) is 6.70. The van der Waals surface area contributed by atoms with E-state index in [4.69, 9.17) is 23.2 Å². The van der Waals surface area contributed by atoms with Crippen molar-refractivity contribution in [3.05, 3.63) is 22.3 Å². The monoisotopic (exact) mass is 286 g/mol. The summed E-state index contributed by atoms with van der Waals surface area (Å²) in [6.07, 6.45) is 8.32. The van der Waals surface area contributed by atoms with Crippen LogP contribution in [-0.4, -0.2) is 11.5 Å². The average Bonchev–Trinajstić information content (AvgIpc) is 2.34. The van der Waals surface area contributed by atoms with E-state index >= 15 is 0 Å². The van der Waals surface area contributed by atoms with Crippen LogP contribution in [0.4, 0.5) is 5.82 Å². The summed E-state index contributed by atoms with van der Waals surface area (Å²) in [7, 11) is 0. The Kier molecular flexibility index (Phi) is 5.13. The Labute approximate surface area is 119 Å². The molecule has 1 aromatic rings. The molecule has 2 nitrogen and oxygen atoms in total. The van der Waals surface area contributed by atoms with E-state index in [2.05, 4.69) is 17.2 Å². The van der Waals surface area contributed by atoms with Crippen molar-refractivity contribution < 1.29 is 0 Å². The van der Waals surface area contributed by atoms with Gasteiger partial charge in [0.2, 0.25) is 0 Å². The van der Waals surface area contributed by atoms with Crippen molar-refractivity contribution in [1.29, 1.82) is 0 Å². The van der Waals surface area contributed by atoms with Crippen LogP contribution in [0.25, 0.3) is 0 Å². The summed E-state index contributed by atoms with van der Waals surface area (Å²) in [6.45, 7) is 3.29. The van der Waals surface area contributed by atoms with E-state index in [0.717, 1.165) is 24.2 Å². The molecule has 0 aromatic carbocycles. The average molecular weight is 287 g/mol. The second-order valence-corrected chi connectivity index (χ2v) is 6.17. The highest BCUT2D eigenvalue weighted by Crippen LogP contribution is 2.30. The lowest BCUT2D eigenvalue weighted by Gasteiger charge is -2.26. The van der Waals surface area contributed by atoms with Crippen LogP contribution in [-0.2, 0) is 0 Å². The highest BCUT2D eigenvalue weighted by atomic mass is 35.5. The maximum atomic E-state index is 6.06. The molecule has 18 heavy (non-hydrogen) atoms. The van der Waals surface area contributed by atoms with Crippen LogP contribution in [0.5, 0.6) is 0 Å². The molecule has 0 spiro atoms. The lowest BCUT2D eigenvalue weighted by atomic mass is 9.81. The summed E-state index contributed by atoms with van der Waals surface area (Å²) >= 11 is 11.9. The fraction of sp³-hybridized carbons (Fsp3) is 0.643. The molecule has 0 aliphatic heterocycles. The Hall–Kier alpha value is -0.470. The summed E-state index contributed by atoms with van der Waals surface area (Å²) in [5.41, 5.74) is 0. The van der Waals surface area contributed by atoms with Crippen LogP contribution < -0.4 is 5.32 Å². The van der Waals surface area contributed by atoms with Gasteiger partial charge in [0.25, 0.3) is 0 Å². The van der Waals surface area contributed by atoms with Crippen molar-refractivity contribution in [2.45, 2.75) is 39.0 Å². The summed E-state index contributed by atoms with van der Waals surface area (Å²) in [6, 6.07) is 1.72. The Balaban J connectivity index is 1.75. The van der Waals surface area contributed by atoms with Gasteiger partial charge in [-0.1, -0.05) is 55.8 Å². The number of hydrogen-bond acceptors (Lipinski definition) is 2. The van der Waals surface area contributed by atoms with Crippen molar-refractivity contribution in [2.24, 2.45) is 11.8 Å². The van der Waals surface area contributed by atoms with E-state index in [9.17, 15) is 0 Å². The molecule has 2 rings (SSSR count). The zero-order chi connectivity index (χ0) is 13.0. The molecule has 1 N–H and O–H groups in total. The third kappa shape index (κ3) is 4.03. The van der Waals surface area contributed by atoms with E-state index < -0.39 is 0 Å². The number of rotatable bonds is 4. The van der Waals surface area contributed by atoms with Crippen LogP contribution in [0, 0.1) is 11.8 Å². The van der Waals surface area contributed by atoms with Gasteiger partial charge in [0.05, 0.1) is 10.0 Å². The molecule has 0 bridgehead atoms. The molecule has 0 saturated heterocycles. The standard InChI is InChI=1S/C14H20Cl2N2/c1-10-2-4-11(5-3-10)6-7-17-14-13(16)8-12(15)9-18-14/h8-11H,2-7H2,1H3,(H,17,18). The Morgan fingerprint density at radius 1 is 1.28 bits per heavy atom. The van der Waals surface area contributed by atoms with Gasteiger partial charge in [0, 0.05) is 12.7 Å². The van der Waals surface area contributed by atoms with Gasteiger partial charge in [-0.05, 0) is 24.3 Å². The maximum Gasteiger partial charge on any atom is 0.144 e. The first-order chi connectivity index (χ1) is 8.65. The second-order valence-electron chi connectivity index (χ2n) is 5.33.